The fraction of sp³-hybridized carbons (Fsp3) is 0.643. The van der Waals surface area contributed by atoms with E-state index >= 15 is 0 Å². The molecule has 1 aliphatic rings. The van der Waals surface area contributed by atoms with Crippen molar-refractivity contribution in [2.45, 2.75) is 38.8 Å². The van der Waals surface area contributed by atoms with Crippen molar-refractivity contribution in [2.75, 3.05) is 19.6 Å². The molecule has 0 spiro atoms. The molecule has 3 heteroatoms. The van der Waals surface area contributed by atoms with Gasteiger partial charge in [-0.1, -0.05) is 13.0 Å². The molecule has 94 valence electrons. The Morgan fingerprint density at radius 3 is 3.00 bits per heavy atom. The Morgan fingerprint density at radius 1 is 1.53 bits per heavy atom. The lowest BCUT2D eigenvalue weighted by Crippen LogP contribution is -2.39. The van der Waals surface area contributed by atoms with E-state index in [9.17, 15) is 0 Å². The van der Waals surface area contributed by atoms with Crippen LogP contribution in [0, 0.1) is 0 Å². The van der Waals surface area contributed by atoms with Crippen molar-refractivity contribution in [3.63, 3.8) is 0 Å². The minimum atomic E-state index is 0.418. The van der Waals surface area contributed by atoms with Crippen molar-refractivity contribution in [3.05, 3.63) is 30.1 Å². The van der Waals surface area contributed by atoms with Gasteiger partial charge < -0.3 is 5.32 Å². The largest absolute Gasteiger partial charge is 0.315 e. The van der Waals surface area contributed by atoms with Gasteiger partial charge in [0.05, 0.1) is 5.69 Å². The van der Waals surface area contributed by atoms with Crippen molar-refractivity contribution >= 4 is 0 Å². The maximum absolute atomic E-state index is 4.49. The van der Waals surface area contributed by atoms with Crippen molar-refractivity contribution in [2.24, 2.45) is 0 Å². The maximum atomic E-state index is 4.49. The Balaban J connectivity index is 2.09. The Kier molecular flexibility index (Phi) is 4.51. The summed E-state index contributed by atoms with van der Waals surface area (Å²) in [4.78, 5) is 7.09. The topological polar surface area (TPSA) is 28.2 Å². The predicted molar refractivity (Wildman–Crippen MR) is 70.9 cm³/mol. The third kappa shape index (κ3) is 3.05. The van der Waals surface area contributed by atoms with Crippen LogP contribution < -0.4 is 5.32 Å². The van der Waals surface area contributed by atoms with Gasteiger partial charge in [0.2, 0.25) is 0 Å². The number of nitrogens with zero attached hydrogens (tertiary/aromatic N) is 2. The van der Waals surface area contributed by atoms with E-state index in [0.29, 0.717) is 12.1 Å². The lowest BCUT2D eigenvalue weighted by molar-refractivity contribution is 0.151. The van der Waals surface area contributed by atoms with Crippen LogP contribution in [0.4, 0.5) is 0 Å². The van der Waals surface area contributed by atoms with Crippen LogP contribution in [0.5, 0.6) is 0 Å². The zero-order chi connectivity index (χ0) is 12.1. The van der Waals surface area contributed by atoms with Gasteiger partial charge in [-0.25, -0.2) is 0 Å². The fourth-order valence-electron chi connectivity index (χ4n) is 2.67. The third-order valence-electron chi connectivity index (χ3n) is 3.60. The van der Waals surface area contributed by atoms with Gasteiger partial charge in [-0.3, -0.25) is 9.88 Å². The summed E-state index contributed by atoms with van der Waals surface area (Å²) < 4.78 is 0. The molecule has 1 saturated heterocycles. The molecular formula is C14H23N3. The fourth-order valence-corrected chi connectivity index (χ4v) is 2.67. The summed E-state index contributed by atoms with van der Waals surface area (Å²) in [5, 5.41) is 3.46. The molecule has 1 aromatic rings. The molecule has 1 fully saturated rings. The van der Waals surface area contributed by atoms with Crippen LogP contribution in [0.3, 0.4) is 0 Å². The maximum Gasteiger partial charge on any atom is 0.0572 e. The van der Waals surface area contributed by atoms with Gasteiger partial charge in [-0.2, -0.15) is 0 Å². The molecule has 0 amide bonds. The van der Waals surface area contributed by atoms with Crippen LogP contribution in [0.25, 0.3) is 0 Å². The smallest absolute Gasteiger partial charge is 0.0572 e. The first-order valence-electron chi connectivity index (χ1n) is 6.70. The second-order valence-corrected chi connectivity index (χ2v) is 4.82. The average molecular weight is 233 g/mol. The molecule has 0 aromatic carbocycles. The molecule has 0 bridgehead atoms. The second kappa shape index (κ2) is 6.12. The lowest BCUT2D eigenvalue weighted by Gasteiger charge is -2.33. The summed E-state index contributed by atoms with van der Waals surface area (Å²) in [6.07, 6.45) is 4.35. The summed E-state index contributed by atoms with van der Waals surface area (Å²) in [7, 11) is 0. The second-order valence-electron chi connectivity index (χ2n) is 4.82. The van der Waals surface area contributed by atoms with Crippen LogP contribution in [0.1, 0.15) is 38.4 Å². The number of hydrogen-bond donors (Lipinski definition) is 1. The van der Waals surface area contributed by atoms with E-state index < -0.39 is 0 Å². The van der Waals surface area contributed by atoms with Gasteiger partial charge in [-0.05, 0) is 45.0 Å². The van der Waals surface area contributed by atoms with E-state index in [2.05, 4.69) is 41.2 Å². The Morgan fingerprint density at radius 2 is 2.41 bits per heavy atom. The van der Waals surface area contributed by atoms with Gasteiger partial charge in [0, 0.05) is 24.8 Å². The van der Waals surface area contributed by atoms with Crippen LogP contribution in [0.15, 0.2) is 24.4 Å². The van der Waals surface area contributed by atoms with E-state index in [1.165, 1.54) is 18.5 Å². The summed E-state index contributed by atoms with van der Waals surface area (Å²) >= 11 is 0. The molecule has 3 nitrogen and oxygen atoms in total. The molecule has 1 aliphatic heterocycles. The number of hydrogen-bond acceptors (Lipinski definition) is 3. The highest BCUT2D eigenvalue weighted by Gasteiger charge is 2.26. The molecule has 1 aromatic heterocycles. The van der Waals surface area contributed by atoms with E-state index in [0.717, 1.165) is 19.6 Å². The van der Waals surface area contributed by atoms with E-state index in [1.54, 1.807) is 0 Å². The first-order chi connectivity index (χ1) is 8.33. The van der Waals surface area contributed by atoms with Crippen molar-refractivity contribution in [1.82, 2.24) is 15.2 Å². The summed E-state index contributed by atoms with van der Waals surface area (Å²) in [6, 6.07) is 7.29. The van der Waals surface area contributed by atoms with Gasteiger partial charge >= 0.3 is 0 Å². The zero-order valence-electron chi connectivity index (χ0n) is 10.9. The highest BCUT2D eigenvalue weighted by Crippen LogP contribution is 2.23. The van der Waals surface area contributed by atoms with E-state index in [1.807, 2.05) is 12.3 Å². The molecule has 2 atom stereocenters. The first kappa shape index (κ1) is 12.5. The third-order valence-corrected chi connectivity index (χ3v) is 3.60. The molecule has 2 heterocycles. The molecule has 2 rings (SSSR count). The van der Waals surface area contributed by atoms with Gasteiger partial charge in [0.15, 0.2) is 0 Å². The van der Waals surface area contributed by atoms with Crippen molar-refractivity contribution in [1.29, 1.82) is 0 Å². The van der Waals surface area contributed by atoms with Crippen LogP contribution >= 0.6 is 0 Å². The number of rotatable bonds is 5. The van der Waals surface area contributed by atoms with Crippen molar-refractivity contribution < 1.29 is 0 Å². The summed E-state index contributed by atoms with van der Waals surface area (Å²) in [5.41, 5.74) is 1.19. The molecule has 17 heavy (non-hydrogen) atoms. The summed E-state index contributed by atoms with van der Waals surface area (Å²) in [6.45, 7) is 7.96. The van der Waals surface area contributed by atoms with Crippen LogP contribution in [-0.2, 0) is 0 Å². The lowest BCUT2D eigenvalue weighted by atomic mass is 10.1. The summed E-state index contributed by atoms with van der Waals surface area (Å²) in [5.74, 6) is 0. The van der Waals surface area contributed by atoms with Gasteiger partial charge in [0.1, 0.15) is 0 Å². The van der Waals surface area contributed by atoms with Crippen molar-refractivity contribution in [3.8, 4) is 0 Å². The number of aromatic nitrogens is 1. The minimum Gasteiger partial charge on any atom is -0.315 e. The molecule has 0 saturated carbocycles. The SMILES string of the molecule is CCCN(C1CCNC1)C(C)c1ccccn1. The average Bonchev–Trinajstić information content (AvgIpc) is 2.90. The molecule has 0 radical (unpaired) electrons. The van der Waals surface area contributed by atoms with Crippen LogP contribution in [0.2, 0.25) is 0 Å². The first-order valence-corrected chi connectivity index (χ1v) is 6.70. The number of nitrogens with one attached hydrogen (secondary N) is 1. The highest BCUT2D eigenvalue weighted by atomic mass is 15.2. The Bertz CT molecular complexity index is 319. The van der Waals surface area contributed by atoms with Gasteiger partial charge in [-0.15, -0.1) is 0 Å². The quantitative estimate of drug-likeness (QED) is 0.845. The molecule has 1 N–H and O–H groups in total. The van der Waals surface area contributed by atoms with E-state index in [4.69, 9.17) is 0 Å². The molecule has 2 unspecified atom stereocenters. The zero-order valence-corrected chi connectivity index (χ0v) is 10.9. The Hall–Kier alpha value is -0.930. The molecule has 0 aliphatic carbocycles. The standard InChI is InChI=1S/C14H23N3/c1-3-10-17(13-7-9-15-11-13)12(2)14-6-4-5-8-16-14/h4-6,8,12-13,15H,3,7,9-11H2,1-2H3. The Labute approximate surface area is 104 Å². The highest BCUT2D eigenvalue weighted by molar-refractivity contribution is 5.08. The normalized spacial score (nSPS) is 21.9. The van der Waals surface area contributed by atoms with E-state index in [-0.39, 0.29) is 0 Å². The van der Waals surface area contributed by atoms with Crippen LogP contribution in [-0.4, -0.2) is 35.6 Å². The molecular weight excluding hydrogens is 210 g/mol. The minimum absolute atomic E-state index is 0.418. The predicted octanol–water partition coefficient (Wildman–Crippen LogP) is 2.22. The van der Waals surface area contributed by atoms with Gasteiger partial charge in [0.25, 0.3) is 0 Å². The number of pyridine rings is 1. The monoisotopic (exact) mass is 233 g/mol.